The first-order valence-electron chi connectivity index (χ1n) is 8.73. The molecular formula is C22H20N2O2. The summed E-state index contributed by atoms with van der Waals surface area (Å²) in [6, 6.07) is 15.7. The smallest absolute Gasteiger partial charge is 0.189 e. The van der Waals surface area contributed by atoms with Crippen molar-refractivity contribution in [3.63, 3.8) is 0 Å². The number of aryl methyl sites for hydroxylation is 2. The molecule has 3 aromatic rings. The molecule has 0 aliphatic heterocycles. The summed E-state index contributed by atoms with van der Waals surface area (Å²) in [5.41, 5.74) is 3.86. The lowest BCUT2D eigenvalue weighted by Crippen LogP contribution is -2.13. The minimum absolute atomic E-state index is 0.141. The van der Waals surface area contributed by atoms with Crippen molar-refractivity contribution in [3.8, 4) is 5.75 Å². The Hall–Kier alpha value is -3.14. The van der Waals surface area contributed by atoms with Gasteiger partial charge in [0.25, 0.3) is 0 Å². The third-order valence-corrected chi connectivity index (χ3v) is 4.73. The zero-order valence-corrected chi connectivity index (χ0v) is 14.7. The lowest BCUT2D eigenvalue weighted by molar-refractivity contribution is 0.102. The van der Waals surface area contributed by atoms with E-state index in [1.807, 2.05) is 72.4 Å². The fraction of sp³-hybridized carbons (Fsp3) is 0.182. The number of benzene rings is 2. The van der Waals surface area contributed by atoms with E-state index in [2.05, 4.69) is 4.98 Å². The van der Waals surface area contributed by atoms with Crippen LogP contribution in [0.4, 0.5) is 0 Å². The summed E-state index contributed by atoms with van der Waals surface area (Å²) in [7, 11) is 1.94. The van der Waals surface area contributed by atoms with Crippen molar-refractivity contribution in [2.24, 2.45) is 7.05 Å². The third-order valence-electron chi connectivity index (χ3n) is 4.73. The van der Waals surface area contributed by atoms with Crippen molar-refractivity contribution in [2.75, 3.05) is 0 Å². The number of fused-ring (bicyclic) bond motifs is 1. The van der Waals surface area contributed by atoms with Gasteiger partial charge in [0.2, 0.25) is 0 Å². The van der Waals surface area contributed by atoms with Crippen LogP contribution in [-0.4, -0.2) is 15.3 Å². The van der Waals surface area contributed by atoms with Crippen LogP contribution in [0.2, 0.25) is 0 Å². The van der Waals surface area contributed by atoms with E-state index in [4.69, 9.17) is 4.74 Å². The molecule has 1 aliphatic rings. The first-order chi connectivity index (χ1) is 12.7. The summed E-state index contributed by atoms with van der Waals surface area (Å²) in [4.78, 5) is 16.9. The van der Waals surface area contributed by atoms with Crippen LogP contribution in [0.1, 0.15) is 33.7 Å². The van der Waals surface area contributed by atoms with Crippen LogP contribution in [0.5, 0.6) is 5.75 Å². The van der Waals surface area contributed by atoms with E-state index in [0.29, 0.717) is 6.61 Å². The predicted molar refractivity (Wildman–Crippen MR) is 101 cm³/mol. The number of nitrogens with zero attached hydrogens (tertiary/aromatic N) is 2. The maximum atomic E-state index is 12.7. The Balaban J connectivity index is 1.47. The highest BCUT2D eigenvalue weighted by Gasteiger charge is 2.20. The van der Waals surface area contributed by atoms with E-state index in [-0.39, 0.29) is 5.78 Å². The van der Waals surface area contributed by atoms with Crippen LogP contribution in [0.3, 0.4) is 0 Å². The van der Waals surface area contributed by atoms with E-state index in [0.717, 1.165) is 46.7 Å². The maximum absolute atomic E-state index is 12.7. The molecule has 4 nitrogen and oxygen atoms in total. The number of carbonyl (C=O) groups excluding carboxylic acids is 1. The molecule has 4 heteroatoms. The molecule has 4 rings (SSSR count). The Morgan fingerprint density at radius 3 is 2.69 bits per heavy atom. The van der Waals surface area contributed by atoms with Crippen LogP contribution >= 0.6 is 0 Å². The molecule has 1 aliphatic carbocycles. The summed E-state index contributed by atoms with van der Waals surface area (Å²) < 4.78 is 7.71. The van der Waals surface area contributed by atoms with Gasteiger partial charge in [-0.25, -0.2) is 4.98 Å². The number of rotatable bonds is 4. The van der Waals surface area contributed by atoms with Crippen molar-refractivity contribution >= 4 is 11.9 Å². The lowest BCUT2D eigenvalue weighted by Gasteiger charge is -2.17. The molecule has 1 aromatic heterocycles. The molecular weight excluding hydrogens is 324 g/mol. The van der Waals surface area contributed by atoms with Crippen LogP contribution in [-0.2, 0) is 20.1 Å². The standard InChI is InChI=1S/C22H20N2O2/c1-24-13-12-23-21(24)15-26-19-10-6-16(7-11-19)14-18-9-8-17-4-2-3-5-20(17)22(18)25/h2-7,10-14H,8-9,15H2,1H3/b18-14+. The van der Waals surface area contributed by atoms with Gasteiger partial charge in [-0.15, -0.1) is 0 Å². The number of imidazole rings is 1. The largest absolute Gasteiger partial charge is 0.486 e. The third kappa shape index (κ3) is 3.31. The molecule has 0 saturated heterocycles. The van der Waals surface area contributed by atoms with Crippen molar-refractivity contribution in [1.82, 2.24) is 9.55 Å². The quantitative estimate of drug-likeness (QED) is 0.666. The van der Waals surface area contributed by atoms with Gasteiger partial charge in [-0.3, -0.25) is 4.79 Å². The van der Waals surface area contributed by atoms with Gasteiger partial charge in [-0.05, 0) is 42.2 Å². The van der Waals surface area contributed by atoms with Gasteiger partial charge in [-0.2, -0.15) is 0 Å². The van der Waals surface area contributed by atoms with Gasteiger partial charge in [0.05, 0.1) is 0 Å². The fourth-order valence-corrected chi connectivity index (χ4v) is 3.20. The minimum atomic E-state index is 0.141. The van der Waals surface area contributed by atoms with Gasteiger partial charge in [0.15, 0.2) is 5.78 Å². The second-order valence-corrected chi connectivity index (χ2v) is 6.47. The number of hydrogen-bond acceptors (Lipinski definition) is 3. The molecule has 26 heavy (non-hydrogen) atoms. The van der Waals surface area contributed by atoms with Crippen LogP contribution in [0.25, 0.3) is 6.08 Å². The Kier molecular flexibility index (Phi) is 4.40. The zero-order chi connectivity index (χ0) is 17.9. The molecule has 0 bridgehead atoms. The van der Waals surface area contributed by atoms with Crippen molar-refractivity contribution in [2.45, 2.75) is 19.4 Å². The molecule has 0 saturated carbocycles. The Labute approximate surface area is 152 Å². The fourth-order valence-electron chi connectivity index (χ4n) is 3.20. The monoisotopic (exact) mass is 344 g/mol. The number of Topliss-reactive ketones (excluding diaryl/α,β-unsaturated/α-hetero) is 1. The first-order valence-corrected chi connectivity index (χ1v) is 8.73. The predicted octanol–water partition coefficient (Wildman–Crippen LogP) is 4.21. The van der Waals surface area contributed by atoms with E-state index >= 15 is 0 Å². The Bertz CT molecular complexity index is 968. The van der Waals surface area contributed by atoms with Gasteiger partial charge in [-0.1, -0.05) is 36.4 Å². The topological polar surface area (TPSA) is 44.1 Å². The van der Waals surface area contributed by atoms with Gasteiger partial charge in [0, 0.05) is 30.6 Å². The summed E-state index contributed by atoms with van der Waals surface area (Å²) in [5, 5.41) is 0. The molecule has 0 N–H and O–H groups in total. The minimum Gasteiger partial charge on any atom is -0.486 e. The summed E-state index contributed by atoms with van der Waals surface area (Å²) in [6.07, 6.45) is 7.34. The van der Waals surface area contributed by atoms with E-state index in [1.165, 1.54) is 0 Å². The van der Waals surface area contributed by atoms with Crippen molar-refractivity contribution in [1.29, 1.82) is 0 Å². The first kappa shape index (κ1) is 16.3. The maximum Gasteiger partial charge on any atom is 0.189 e. The number of carbonyl (C=O) groups is 1. The highest BCUT2D eigenvalue weighted by Crippen LogP contribution is 2.27. The van der Waals surface area contributed by atoms with Crippen molar-refractivity contribution < 1.29 is 9.53 Å². The van der Waals surface area contributed by atoms with Crippen LogP contribution in [0.15, 0.2) is 66.5 Å². The second-order valence-electron chi connectivity index (χ2n) is 6.47. The zero-order valence-electron chi connectivity index (χ0n) is 14.7. The average Bonchev–Trinajstić information content (AvgIpc) is 3.08. The van der Waals surface area contributed by atoms with Gasteiger partial charge < -0.3 is 9.30 Å². The summed E-state index contributed by atoms with van der Waals surface area (Å²) in [6.45, 7) is 0.430. The molecule has 130 valence electrons. The number of allylic oxidation sites excluding steroid dienone is 1. The molecule has 0 unspecified atom stereocenters. The molecule has 1 heterocycles. The van der Waals surface area contributed by atoms with Crippen LogP contribution in [0, 0.1) is 0 Å². The second kappa shape index (κ2) is 7.00. The summed E-state index contributed by atoms with van der Waals surface area (Å²) >= 11 is 0. The normalized spacial score (nSPS) is 15.1. The summed E-state index contributed by atoms with van der Waals surface area (Å²) in [5.74, 6) is 1.81. The lowest BCUT2D eigenvalue weighted by atomic mass is 9.86. The van der Waals surface area contributed by atoms with Gasteiger partial charge >= 0.3 is 0 Å². The van der Waals surface area contributed by atoms with Crippen LogP contribution < -0.4 is 4.74 Å². The Morgan fingerprint density at radius 2 is 1.92 bits per heavy atom. The van der Waals surface area contributed by atoms with E-state index in [9.17, 15) is 4.79 Å². The molecule has 0 spiro atoms. The Morgan fingerprint density at radius 1 is 1.12 bits per heavy atom. The molecule has 0 amide bonds. The van der Waals surface area contributed by atoms with E-state index < -0.39 is 0 Å². The SMILES string of the molecule is Cn1ccnc1COc1ccc(/C=C2\CCc3ccccc3C2=O)cc1. The van der Waals surface area contributed by atoms with Crippen molar-refractivity contribution in [3.05, 3.63) is 89.0 Å². The molecule has 0 fully saturated rings. The highest BCUT2D eigenvalue weighted by atomic mass is 16.5. The number of aromatic nitrogens is 2. The molecule has 2 aromatic carbocycles. The highest BCUT2D eigenvalue weighted by molar-refractivity contribution is 6.13. The average molecular weight is 344 g/mol. The number of hydrogen-bond donors (Lipinski definition) is 0. The molecule has 0 radical (unpaired) electrons. The number of ether oxygens (including phenoxy) is 1. The molecule has 0 atom stereocenters. The van der Waals surface area contributed by atoms with Gasteiger partial charge in [0.1, 0.15) is 18.2 Å². The number of ketones is 1. The van der Waals surface area contributed by atoms with E-state index in [1.54, 1.807) is 6.20 Å².